The predicted octanol–water partition coefficient (Wildman–Crippen LogP) is 4.35. The molecule has 4 heterocycles. The first-order chi connectivity index (χ1) is 18.5. The fourth-order valence-corrected chi connectivity index (χ4v) is 7.38. The lowest BCUT2D eigenvalue weighted by atomic mass is 10.2. The average molecular weight is 556 g/mol. The summed E-state index contributed by atoms with van der Waals surface area (Å²) in [4.78, 5) is 9.68. The predicted molar refractivity (Wildman–Crippen MR) is 143 cm³/mol. The second kappa shape index (κ2) is 10.7. The van der Waals surface area contributed by atoms with E-state index in [1.807, 2.05) is 30.3 Å². The highest BCUT2D eigenvalue weighted by Gasteiger charge is 2.28. The molecular formula is C26H29N5O5S2. The van der Waals surface area contributed by atoms with Gasteiger partial charge in [-0.1, -0.05) is 29.1 Å². The molecule has 0 bridgehead atoms. The third-order valence-electron chi connectivity index (χ3n) is 6.93. The van der Waals surface area contributed by atoms with Gasteiger partial charge in [0.1, 0.15) is 5.75 Å². The van der Waals surface area contributed by atoms with Crippen molar-refractivity contribution in [3.8, 4) is 17.2 Å². The van der Waals surface area contributed by atoms with Crippen LogP contribution in [0.5, 0.6) is 5.75 Å². The molecule has 0 N–H and O–H groups in total. The zero-order valence-electron chi connectivity index (χ0n) is 21.1. The van der Waals surface area contributed by atoms with Gasteiger partial charge in [-0.05, 0) is 56.0 Å². The monoisotopic (exact) mass is 555 g/mol. The fraction of sp³-hybridized carbons (Fsp3) is 0.423. The van der Waals surface area contributed by atoms with Crippen LogP contribution in [0.1, 0.15) is 31.5 Å². The SMILES string of the molecule is COc1ccccc1-c1nc(CSc2nc3cc(S(=O)(=O)N4CCCC4)ccc3n2C[C@@H]2CCCO2)no1. The zero-order chi connectivity index (χ0) is 26.1. The molecule has 2 saturated heterocycles. The van der Waals surface area contributed by atoms with Crippen LogP contribution >= 0.6 is 11.8 Å². The summed E-state index contributed by atoms with van der Waals surface area (Å²) in [5, 5.41) is 4.91. The van der Waals surface area contributed by atoms with Gasteiger partial charge >= 0.3 is 0 Å². The number of thioether (sulfide) groups is 1. The van der Waals surface area contributed by atoms with Crippen molar-refractivity contribution in [1.29, 1.82) is 0 Å². The Labute approximate surface area is 225 Å². The number of rotatable bonds is 9. The van der Waals surface area contributed by atoms with Gasteiger partial charge in [-0.3, -0.25) is 0 Å². The van der Waals surface area contributed by atoms with Crippen LogP contribution in [-0.2, 0) is 27.1 Å². The standard InChI is InChI=1S/C26H29N5O5S2/c1-34-23-9-3-2-8-20(23)25-28-24(29-36-25)17-37-26-27-21-15-19(38(32,33)30-12-4-5-13-30)10-11-22(21)31(26)16-18-7-6-14-35-18/h2-3,8-11,15,18H,4-7,12-14,16-17H2,1H3/t18-/m0/s1. The summed E-state index contributed by atoms with van der Waals surface area (Å²) >= 11 is 1.49. The third kappa shape index (κ3) is 4.93. The van der Waals surface area contributed by atoms with Gasteiger partial charge in [0.05, 0.1) is 47.0 Å². The zero-order valence-corrected chi connectivity index (χ0v) is 22.7. The molecule has 0 amide bonds. The summed E-state index contributed by atoms with van der Waals surface area (Å²) in [5.41, 5.74) is 2.26. The minimum absolute atomic E-state index is 0.0992. The van der Waals surface area contributed by atoms with Crippen molar-refractivity contribution < 1.29 is 22.4 Å². The van der Waals surface area contributed by atoms with Gasteiger partial charge in [0.25, 0.3) is 5.89 Å². The number of aromatic nitrogens is 4. The highest BCUT2D eigenvalue weighted by Crippen LogP contribution is 2.32. The van der Waals surface area contributed by atoms with Crippen molar-refractivity contribution in [1.82, 2.24) is 24.0 Å². The second-order valence-corrected chi connectivity index (χ2v) is 12.3. The Morgan fingerprint density at radius 2 is 1.95 bits per heavy atom. The third-order valence-corrected chi connectivity index (χ3v) is 9.80. The smallest absolute Gasteiger partial charge is 0.261 e. The van der Waals surface area contributed by atoms with Crippen molar-refractivity contribution >= 4 is 32.8 Å². The molecule has 38 heavy (non-hydrogen) atoms. The minimum atomic E-state index is -3.53. The summed E-state index contributed by atoms with van der Waals surface area (Å²) in [6.45, 7) is 2.54. The van der Waals surface area contributed by atoms with Gasteiger partial charge in [-0.2, -0.15) is 9.29 Å². The van der Waals surface area contributed by atoms with Crippen molar-refractivity contribution in [2.75, 3.05) is 26.8 Å². The van der Waals surface area contributed by atoms with E-state index in [0.29, 0.717) is 48.4 Å². The van der Waals surface area contributed by atoms with Crippen LogP contribution in [0.3, 0.4) is 0 Å². The summed E-state index contributed by atoms with van der Waals surface area (Å²) in [7, 11) is -1.93. The van der Waals surface area contributed by atoms with Gasteiger partial charge in [0.15, 0.2) is 11.0 Å². The van der Waals surface area contributed by atoms with E-state index in [9.17, 15) is 8.42 Å². The van der Waals surface area contributed by atoms with E-state index < -0.39 is 10.0 Å². The van der Waals surface area contributed by atoms with E-state index in [2.05, 4.69) is 14.7 Å². The first-order valence-electron chi connectivity index (χ1n) is 12.7. The van der Waals surface area contributed by atoms with Crippen molar-refractivity contribution in [3.63, 3.8) is 0 Å². The molecule has 0 unspecified atom stereocenters. The van der Waals surface area contributed by atoms with Gasteiger partial charge in [-0.25, -0.2) is 13.4 Å². The number of imidazole rings is 1. The van der Waals surface area contributed by atoms with E-state index in [4.69, 9.17) is 19.0 Å². The first-order valence-corrected chi connectivity index (χ1v) is 15.2. The van der Waals surface area contributed by atoms with E-state index in [1.54, 1.807) is 23.5 Å². The van der Waals surface area contributed by atoms with E-state index >= 15 is 0 Å². The van der Waals surface area contributed by atoms with E-state index in [-0.39, 0.29) is 11.0 Å². The normalized spacial score (nSPS) is 18.5. The van der Waals surface area contributed by atoms with E-state index in [0.717, 1.165) is 48.5 Å². The molecule has 1 atom stereocenters. The summed E-state index contributed by atoms with van der Waals surface area (Å²) < 4.78 is 46.8. The maximum absolute atomic E-state index is 13.2. The van der Waals surface area contributed by atoms with Crippen molar-refractivity contribution in [2.24, 2.45) is 0 Å². The lowest BCUT2D eigenvalue weighted by molar-refractivity contribution is 0.0960. The maximum atomic E-state index is 13.2. The van der Waals surface area contributed by atoms with Gasteiger partial charge < -0.3 is 18.6 Å². The van der Waals surface area contributed by atoms with Crippen LogP contribution in [0, 0.1) is 0 Å². The van der Waals surface area contributed by atoms with Gasteiger partial charge in [0.2, 0.25) is 10.0 Å². The van der Waals surface area contributed by atoms with Crippen LogP contribution < -0.4 is 4.74 Å². The number of para-hydroxylation sites is 1. The molecule has 2 aliphatic heterocycles. The second-order valence-electron chi connectivity index (χ2n) is 9.41. The van der Waals surface area contributed by atoms with Gasteiger partial charge in [0, 0.05) is 19.7 Å². The molecule has 0 aliphatic carbocycles. The Morgan fingerprint density at radius 3 is 2.74 bits per heavy atom. The molecule has 10 nitrogen and oxygen atoms in total. The lowest BCUT2D eigenvalue weighted by Gasteiger charge is -2.16. The first kappa shape index (κ1) is 25.4. The molecule has 2 aromatic heterocycles. The summed E-state index contributed by atoms with van der Waals surface area (Å²) in [5.74, 6) is 2.02. The average Bonchev–Trinajstić information content (AvgIpc) is 3.75. The van der Waals surface area contributed by atoms with Crippen LogP contribution in [0.2, 0.25) is 0 Å². The molecule has 2 aromatic carbocycles. The van der Waals surface area contributed by atoms with Crippen LogP contribution in [0.25, 0.3) is 22.5 Å². The molecule has 2 fully saturated rings. The number of hydrogen-bond acceptors (Lipinski definition) is 9. The minimum Gasteiger partial charge on any atom is -0.496 e. The number of benzene rings is 2. The number of methoxy groups -OCH3 is 1. The number of fused-ring (bicyclic) bond motifs is 1. The number of sulfonamides is 1. The Morgan fingerprint density at radius 1 is 1.11 bits per heavy atom. The fourth-order valence-electron chi connectivity index (χ4n) is 4.98. The van der Waals surface area contributed by atoms with Gasteiger partial charge in [-0.15, -0.1) is 0 Å². The molecule has 4 aromatic rings. The highest BCUT2D eigenvalue weighted by atomic mass is 32.2. The molecule has 0 radical (unpaired) electrons. The lowest BCUT2D eigenvalue weighted by Crippen LogP contribution is -2.27. The van der Waals surface area contributed by atoms with Crippen LogP contribution in [0.15, 0.2) is 57.0 Å². The van der Waals surface area contributed by atoms with Crippen molar-refractivity contribution in [2.45, 2.75) is 54.1 Å². The molecule has 12 heteroatoms. The number of ether oxygens (including phenoxy) is 2. The largest absolute Gasteiger partial charge is 0.496 e. The Balaban J connectivity index is 1.28. The summed E-state index contributed by atoms with van der Waals surface area (Å²) in [6, 6.07) is 12.7. The number of nitrogens with zero attached hydrogens (tertiary/aromatic N) is 5. The molecule has 200 valence electrons. The Kier molecular flexibility index (Phi) is 7.12. The van der Waals surface area contributed by atoms with Crippen LogP contribution in [-0.4, -0.2) is 65.3 Å². The molecule has 6 rings (SSSR count). The van der Waals surface area contributed by atoms with Crippen LogP contribution in [0.4, 0.5) is 0 Å². The highest BCUT2D eigenvalue weighted by molar-refractivity contribution is 7.98. The molecule has 0 saturated carbocycles. The van der Waals surface area contributed by atoms with E-state index in [1.165, 1.54) is 11.8 Å². The molecular weight excluding hydrogens is 526 g/mol. The number of hydrogen-bond donors (Lipinski definition) is 0. The summed E-state index contributed by atoms with van der Waals surface area (Å²) in [6.07, 6.45) is 3.91. The topological polar surface area (TPSA) is 113 Å². The van der Waals surface area contributed by atoms with Crippen molar-refractivity contribution in [3.05, 3.63) is 48.3 Å². The molecule has 2 aliphatic rings. The quantitative estimate of drug-likeness (QED) is 0.278. The molecule has 0 spiro atoms. The Hall–Kier alpha value is -2.93. The maximum Gasteiger partial charge on any atom is 0.261 e. The Bertz CT molecular complexity index is 1540.